The lowest BCUT2D eigenvalue weighted by molar-refractivity contribution is -0.155. The molecule has 0 amide bonds. The third kappa shape index (κ3) is 8.64. The molecule has 0 radical (unpaired) electrons. The molecule has 5 heteroatoms. The maximum Gasteiger partial charge on any atom is 0.335 e. The average Bonchev–Trinajstić information content (AvgIpc) is 2.13. The van der Waals surface area contributed by atoms with Crippen molar-refractivity contribution in [3.05, 3.63) is 0 Å². The highest BCUT2D eigenvalue weighted by atomic mass is 16.6. The molecule has 0 aliphatic heterocycles. The van der Waals surface area contributed by atoms with Crippen LogP contribution in [0.25, 0.3) is 0 Å². The zero-order chi connectivity index (χ0) is 12.6. The normalized spacial score (nSPS) is 13.8. The molecule has 1 unspecified atom stereocenters. The van der Waals surface area contributed by atoms with Crippen LogP contribution in [0.3, 0.4) is 0 Å². The third-order valence-corrected chi connectivity index (χ3v) is 1.68. The number of carbonyl (C=O) groups is 1. The molecule has 5 nitrogen and oxygen atoms in total. The van der Waals surface area contributed by atoms with Crippen LogP contribution in [0.4, 0.5) is 0 Å². The van der Waals surface area contributed by atoms with Gasteiger partial charge in [0.05, 0.1) is 25.4 Å². The SMILES string of the molecule is CCOC(COCCOC(C)(C)C)C(=O)O. The summed E-state index contributed by atoms with van der Waals surface area (Å²) >= 11 is 0. The molecular formula is C11H22O5. The Kier molecular flexibility index (Phi) is 7.29. The van der Waals surface area contributed by atoms with Crippen LogP contribution in [-0.4, -0.2) is 49.2 Å². The van der Waals surface area contributed by atoms with E-state index in [1.54, 1.807) is 6.92 Å². The van der Waals surface area contributed by atoms with E-state index in [-0.39, 0.29) is 12.2 Å². The highest BCUT2D eigenvalue weighted by Crippen LogP contribution is 2.05. The van der Waals surface area contributed by atoms with E-state index in [0.29, 0.717) is 19.8 Å². The van der Waals surface area contributed by atoms with Gasteiger partial charge in [-0.05, 0) is 27.7 Å². The van der Waals surface area contributed by atoms with Gasteiger partial charge in [0.1, 0.15) is 0 Å². The molecule has 0 aromatic rings. The Hall–Kier alpha value is -0.650. The van der Waals surface area contributed by atoms with Gasteiger partial charge in [0.15, 0.2) is 6.10 Å². The Morgan fingerprint density at radius 1 is 1.31 bits per heavy atom. The van der Waals surface area contributed by atoms with Crippen LogP contribution in [-0.2, 0) is 19.0 Å². The maximum atomic E-state index is 10.7. The molecular weight excluding hydrogens is 212 g/mol. The smallest absolute Gasteiger partial charge is 0.335 e. The fraction of sp³-hybridized carbons (Fsp3) is 0.909. The fourth-order valence-electron chi connectivity index (χ4n) is 0.989. The number of hydrogen-bond donors (Lipinski definition) is 1. The fourth-order valence-corrected chi connectivity index (χ4v) is 0.989. The van der Waals surface area contributed by atoms with Crippen molar-refractivity contribution in [2.45, 2.75) is 39.4 Å². The number of carboxylic acid groups (broad SMARTS) is 1. The summed E-state index contributed by atoms with van der Waals surface area (Å²) in [5.74, 6) is -1.00. The van der Waals surface area contributed by atoms with Crippen molar-refractivity contribution in [1.29, 1.82) is 0 Å². The predicted molar refractivity (Wildman–Crippen MR) is 59.6 cm³/mol. The lowest BCUT2D eigenvalue weighted by Crippen LogP contribution is -2.30. The first-order valence-corrected chi connectivity index (χ1v) is 5.43. The average molecular weight is 234 g/mol. The van der Waals surface area contributed by atoms with Crippen molar-refractivity contribution in [1.82, 2.24) is 0 Å². The Bertz CT molecular complexity index is 197. The molecule has 0 aliphatic carbocycles. The van der Waals surface area contributed by atoms with Crippen LogP contribution in [0.1, 0.15) is 27.7 Å². The van der Waals surface area contributed by atoms with E-state index in [9.17, 15) is 4.79 Å². The molecule has 0 saturated carbocycles. The van der Waals surface area contributed by atoms with E-state index in [0.717, 1.165) is 0 Å². The molecule has 0 fully saturated rings. The van der Waals surface area contributed by atoms with Crippen LogP contribution < -0.4 is 0 Å². The third-order valence-electron chi connectivity index (χ3n) is 1.68. The number of ether oxygens (including phenoxy) is 3. The molecule has 0 heterocycles. The lowest BCUT2D eigenvalue weighted by atomic mass is 10.2. The monoisotopic (exact) mass is 234 g/mol. The molecule has 1 atom stereocenters. The minimum Gasteiger partial charge on any atom is -0.479 e. The van der Waals surface area contributed by atoms with Gasteiger partial charge in [0.25, 0.3) is 0 Å². The van der Waals surface area contributed by atoms with Gasteiger partial charge in [-0.3, -0.25) is 0 Å². The quantitative estimate of drug-likeness (QED) is 0.641. The summed E-state index contributed by atoms with van der Waals surface area (Å²) in [6.07, 6.45) is -0.889. The van der Waals surface area contributed by atoms with Gasteiger partial charge >= 0.3 is 5.97 Å². The van der Waals surface area contributed by atoms with Crippen LogP contribution in [0.5, 0.6) is 0 Å². The second-order valence-corrected chi connectivity index (χ2v) is 4.32. The summed E-state index contributed by atoms with van der Waals surface area (Å²) in [5.41, 5.74) is -0.199. The second kappa shape index (κ2) is 7.60. The van der Waals surface area contributed by atoms with E-state index in [1.165, 1.54) is 0 Å². The molecule has 1 N–H and O–H groups in total. The van der Waals surface area contributed by atoms with Crippen LogP contribution in [0.2, 0.25) is 0 Å². The van der Waals surface area contributed by atoms with Crippen molar-refractivity contribution in [2.24, 2.45) is 0 Å². The largest absolute Gasteiger partial charge is 0.479 e. The van der Waals surface area contributed by atoms with Crippen molar-refractivity contribution < 1.29 is 24.1 Å². The maximum absolute atomic E-state index is 10.7. The van der Waals surface area contributed by atoms with Gasteiger partial charge in [-0.2, -0.15) is 0 Å². The second-order valence-electron chi connectivity index (χ2n) is 4.32. The summed E-state index contributed by atoms with van der Waals surface area (Å²) in [6.45, 7) is 8.83. The molecule has 0 bridgehead atoms. The topological polar surface area (TPSA) is 65.0 Å². The van der Waals surface area contributed by atoms with Gasteiger partial charge in [-0.15, -0.1) is 0 Å². The first-order chi connectivity index (χ1) is 7.37. The zero-order valence-corrected chi connectivity index (χ0v) is 10.5. The van der Waals surface area contributed by atoms with Gasteiger partial charge in [0.2, 0.25) is 0 Å². The number of carboxylic acids is 1. The zero-order valence-electron chi connectivity index (χ0n) is 10.5. The highest BCUT2D eigenvalue weighted by Gasteiger charge is 2.17. The van der Waals surface area contributed by atoms with Crippen molar-refractivity contribution in [2.75, 3.05) is 26.4 Å². The minimum atomic E-state index is -1.00. The summed E-state index contributed by atoms with van der Waals surface area (Å²) in [6, 6.07) is 0. The Labute approximate surface area is 96.7 Å². The van der Waals surface area contributed by atoms with E-state index in [1.807, 2.05) is 20.8 Å². The van der Waals surface area contributed by atoms with Crippen LogP contribution >= 0.6 is 0 Å². The van der Waals surface area contributed by atoms with E-state index < -0.39 is 12.1 Å². The molecule has 16 heavy (non-hydrogen) atoms. The molecule has 0 rings (SSSR count). The van der Waals surface area contributed by atoms with Gasteiger partial charge in [-0.1, -0.05) is 0 Å². The first kappa shape index (κ1) is 15.3. The van der Waals surface area contributed by atoms with Crippen molar-refractivity contribution in [3.63, 3.8) is 0 Å². The molecule has 0 spiro atoms. The van der Waals surface area contributed by atoms with Crippen LogP contribution in [0, 0.1) is 0 Å². The minimum absolute atomic E-state index is 0.0523. The van der Waals surface area contributed by atoms with Crippen LogP contribution in [0.15, 0.2) is 0 Å². The van der Waals surface area contributed by atoms with Crippen molar-refractivity contribution >= 4 is 5.97 Å². The van der Waals surface area contributed by atoms with Gasteiger partial charge in [-0.25, -0.2) is 4.79 Å². The summed E-state index contributed by atoms with van der Waals surface area (Å²) in [7, 11) is 0. The van der Waals surface area contributed by atoms with E-state index in [4.69, 9.17) is 19.3 Å². The molecule has 0 aromatic heterocycles. The first-order valence-electron chi connectivity index (χ1n) is 5.43. The Balaban J connectivity index is 3.59. The summed E-state index contributed by atoms with van der Waals surface area (Å²) in [5, 5.41) is 8.75. The Morgan fingerprint density at radius 3 is 2.38 bits per heavy atom. The molecule has 0 saturated heterocycles. The molecule has 96 valence electrons. The Morgan fingerprint density at radius 2 is 1.94 bits per heavy atom. The predicted octanol–water partition coefficient (Wildman–Crippen LogP) is 1.31. The highest BCUT2D eigenvalue weighted by molar-refractivity contribution is 5.72. The molecule has 0 aliphatic rings. The summed E-state index contributed by atoms with van der Waals surface area (Å²) in [4.78, 5) is 10.7. The number of aliphatic carboxylic acids is 1. The molecule has 0 aromatic carbocycles. The summed E-state index contributed by atoms with van der Waals surface area (Å²) < 4.78 is 15.6. The lowest BCUT2D eigenvalue weighted by Gasteiger charge is -2.19. The van der Waals surface area contributed by atoms with E-state index in [2.05, 4.69) is 0 Å². The number of rotatable bonds is 8. The van der Waals surface area contributed by atoms with Crippen molar-refractivity contribution in [3.8, 4) is 0 Å². The van der Waals surface area contributed by atoms with Gasteiger partial charge in [0, 0.05) is 6.61 Å². The number of hydrogen-bond acceptors (Lipinski definition) is 4. The van der Waals surface area contributed by atoms with Gasteiger partial charge < -0.3 is 19.3 Å². The van der Waals surface area contributed by atoms with E-state index >= 15 is 0 Å². The standard InChI is InChI=1S/C11H22O5/c1-5-15-9(10(12)13)8-14-6-7-16-11(2,3)4/h9H,5-8H2,1-4H3,(H,12,13).